The number of rotatable bonds is 3. The van der Waals surface area contributed by atoms with Gasteiger partial charge in [-0.25, -0.2) is 0 Å². The zero-order valence-electron chi connectivity index (χ0n) is 14.6. The predicted molar refractivity (Wildman–Crippen MR) is 104 cm³/mol. The van der Waals surface area contributed by atoms with Crippen molar-refractivity contribution in [2.75, 3.05) is 7.05 Å². The Morgan fingerprint density at radius 3 is 2.76 bits per heavy atom. The summed E-state index contributed by atoms with van der Waals surface area (Å²) in [6.07, 6.45) is 4.84. The van der Waals surface area contributed by atoms with Crippen molar-refractivity contribution in [3.63, 3.8) is 0 Å². The first-order chi connectivity index (χ1) is 12.2. The number of fused-ring (bicyclic) bond motifs is 6. The van der Waals surface area contributed by atoms with Crippen LogP contribution >= 0.6 is 11.6 Å². The maximum absolute atomic E-state index is 6.36. The lowest BCUT2D eigenvalue weighted by Crippen LogP contribution is -2.34. The number of benzene rings is 2. The summed E-state index contributed by atoms with van der Waals surface area (Å²) in [6, 6.07) is 18.5. The Bertz CT molecular complexity index is 928. The van der Waals surface area contributed by atoms with Crippen LogP contribution in [0.4, 0.5) is 0 Å². The molecule has 1 aromatic heterocycles. The minimum absolute atomic E-state index is 0.563. The van der Waals surface area contributed by atoms with E-state index in [1.54, 1.807) is 11.3 Å². The summed E-state index contributed by atoms with van der Waals surface area (Å²) >= 11 is 6.36. The van der Waals surface area contributed by atoms with Crippen molar-refractivity contribution in [1.82, 2.24) is 9.47 Å². The lowest BCUT2D eigenvalue weighted by atomic mass is 9.97. The van der Waals surface area contributed by atoms with E-state index in [2.05, 4.69) is 59.0 Å². The van der Waals surface area contributed by atoms with Crippen molar-refractivity contribution in [1.29, 1.82) is 0 Å². The molecule has 2 nitrogen and oxygen atoms in total. The molecule has 0 N–H and O–H groups in total. The molecule has 2 aliphatic heterocycles. The van der Waals surface area contributed by atoms with Gasteiger partial charge in [0.15, 0.2) is 0 Å². The van der Waals surface area contributed by atoms with Crippen LogP contribution in [-0.2, 0) is 19.4 Å². The van der Waals surface area contributed by atoms with Gasteiger partial charge in [0.25, 0.3) is 0 Å². The highest BCUT2D eigenvalue weighted by atomic mass is 35.5. The Labute approximate surface area is 154 Å². The molecule has 0 amide bonds. The standard InChI is InChI=1S/C22H23ClN2/c1-24-17-8-10-20(24)22-18-13-16(23)7-9-19(18)25(21(22)14-17)12-11-15-5-3-2-4-6-15/h2-7,9,13,17,20H,8,10-12,14H2,1H3. The average Bonchev–Trinajstić information content (AvgIpc) is 3.04. The monoisotopic (exact) mass is 350 g/mol. The van der Waals surface area contributed by atoms with Crippen LogP contribution in [0.2, 0.25) is 5.02 Å². The molecule has 0 saturated carbocycles. The summed E-state index contributed by atoms with van der Waals surface area (Å²) in [6.45, 7) is 1.04. The highest BCUT2D eigenvalue weighted by Gasteiger charge is 2.40. The molecule has 3 heterocycles. The molecule has 0 spiro atoms. The summed E-state index contributed by atoms with van der Waals surface area (Å²) in [5.41, 5.74) is 5.86. The molecule has 2 bridgehead atoms. The lowest BCUT2D eigenvalue weighted by Gasteiger charge is -2.32. The third kappa shape index (κ3) is 2.43. The molecular formula is C22H23ClN2. The van der Waals surface area contributed by atoms with Crippen molar-refractivity contribution < 1.29 is 0 Å². The van der Waals surface area contributed by atoms with E-state index < -0.39 is 0 Å². The fourth-order valence-corrected chi connectivity index (χ4v) is 5.14. The number of hydrogen-bond donors (Lipinski definition) is 0. The fraction of sp³-hybridized carbons (Fsp3) is 0.364. The van der Waals surface area contributed by atoms with E-state index in [-0.39, 0.29) is 0 Å². The molecule has 2 atom stereocenters. The number of hydrogen-bond acceptors (Lipinski definition) is 1. The fourth-order valence-electron chi connectivity index (χ4n) is 4.97. The second-order valence-electron chi connectivity index (χ2n) is 7.53. The first kappa shape index (κ1) is 15.5. The maximum Gasteiger partial charge on any atom is 0.0487 e. The summed E-state index contributed by atoms with van der Waals surface area (Å²) in [5, 5.41) is 2.21. The zero-order valence-corrected chi connectivity index (χ0v) is 15.3. The third-order valence-corrected chi connectivity index (χ3v) is 6.48. The van der Waals surface area contributed by atoms with E-state index >= 15 is 0 Å². The molecular weight excluding hydrogens is 328 g/mol. The largest absolute Gasteiger partial charge is 0.344 e. The van der Waals surface area contributed by atoms with Crippen molar-refractivity contribution in [3.8, 4) is 0 Å². The topological polar surface area (TPSA) is 8.17 Å². The van der Waals surface area contributed by atoms with Crippen LogP contribution in [0.1, 0.15) is 35.7 Å². The van der Waals surface area contributed by atoms with Crippen LogP contribution < -0.4 is 0 Å². The van der Waals surface area contributed by atoms with Crippen molar-refractivity contribution in [2.24, 2.45) is 0 Å². The molecule has 128 valence electrons. The minimum Gasteiger partial charge on any atom is -0.344 e. The van der Waals surface area contributed by atoms with Gasteiger partial charge in [-0.2, -0.15) is 0 Å². The van der Waals surface area contributed by atoms with E-state index in [0.29, 0.717) is 12.1 Å². The van der Waals surface area contributed by atoms with Crippen molar-refractivity contribution >= 4 is 22.5 Å². The van der Waals surface area contributed by atoms with Crippen LogP contribution in [-0.4, -0.2) is 22.6 Å². The normalized spacial score (nSPS) is 22.5. The quantitative estimate of drug-likeness (QED) is 0.628. The molecule has 5 rings (SSSR count). The van der Waals surface area contributed by atoms with Gasteiger partial charge < -0.3 is 4.57 Å². The molecule has 3 aromatic rings. The van der Waals surface area contributed by atoms with Gasteiger partial charge in [0.2, 0.25) is 0 Å². The summed E-state index contributed by atoms with van der Waals surface area (Å²) in [7, 11) is 2.29. The second kappa shape index (κ2) is 5.89. The van der Waals surface area contributed by atoms with Crippen LogP contribution in [0, 0.1) is 0 Å². The van der Waals surface area contributed by atoms with Gasteiger partial charge in [0.05, 0.1) is 0 Å². The van der Waals surface area contributed by atoms with Crippen LogP contribution in [0.15, 0.2) is 48.5 Å². The van der Waals surface area contributed by atoms with E-state index in [1.165, 1.54) is 35.7 Å². The smallest absolute Gasteiger partial charge is 0.0487 e. The van der Waals surface area contributed by atoms with Crippen LogP contribution in [0.3, 0.4) is 0 Å². The third-order valence-electron chi connectivity index (χ3n) is 6.25. The van der Waals surface area contributed by atoms with Gasteiger partial charge in [-0.3, -0.25) is 4.90 Å². The van der Waals surface area contributed by atoms with Gasteiger partial charge in [-0.15, -0.1) is 0 Å². The predicted octanol–water partition coefficient (Wildman–Crippen LogP) is 5.23. The molecule has 0 radical (unpaired) electrons. The molecule has 2 unspecified atom stereocenters. The van der Waals surface area contributed by atoms with Gasteiger partial charge in [-0.05, 0) is 55.6 Å². The Kier molecular flexibility index (Phi) is 3.65. The number of nitrogens with zero attached hydrogens (tertiary/aromatic N) is 2. The van der Waals surface area contributed by atoms with E-state index in [1.807, 2.05) is 6.07 Å². The number of aromatic nitrogens is 1. The highest BCUT2D eigenvalue weighted by molar-refractivity contribution is 6.31. The average molecular weight is 351 g/mol. The van der Waals surface area contributed by atoms with Crippen LogP contribution in [0.25, 0.3) is 10.9 Å². The Balaban J connectivity index is 1.62. The minimum atomic E-state index is 0.563. The molecule has 2 aromatic carbocycles. The van der Waals surface area contributed by atoms with Gasteiger partial charge in [0, 0.05) is 46.7 Å². The van der Waals surface area contributed by atoms with Crippen molar-refractivity contribution in [2.45, 2.75) is 44.3 Å². The first-order valence-corrected chi connectivity index (χ1v) is 9.66. The van der Waals surface area contributed by atoms with E-state index in [4.69, 9.17) is 11.6 Å². The van der Waals surface area contributed by atoms with Gasteiger partial charge in [0.1, 0.15) is 0 Å². The number of likely N-dealkylation sites (N-methyl/N-ethyl adjacent to an activating group) is 1. The second-order valence-corrected chi connectivity index (χ2v) is 7.96. The number of halogens is 1. The van der Waals surface area contributed by atoms with Gasteiger partial charge >= 0.3 is 0 Å². The SMILES string of the molecule is CN1C2CCC1c1c(n(CCc3ccccc3)c3ccc(Cl)cc13)C2. The Hall–Kier alpha value is -1.77. The molecule has 2 aliphatic rings. The first-order valence-electron chi connectivity index (χ1n) is 9.29. The number of aryl methyl sites for hydroxylation is 2. The Morgan fingerprint density at radius 1 is 1.08 bits per heavy atom. The Morgan fingerprint density at radius 2 is 1.92 bits per heavy atom. The maximum atomic E-state index is 6.36. The summed E-state index contributed by atoms with van der Waals surface area (Å²) < 4.78 is 2.58. The van der Waals surface area contributed by atoms with Crippen molar-refractivity contribution in [3.05, 3.63) is 70.4 Å². The zero-order chi connectivity index (χ0) is 17.0. The van der Waals surface area contributed by atoms with Crippen LogP contribution in [0.5, 0.6) is 0 Å². The lowest BCUT2D eigenvalue weighted by molar-refractivity contribution is 0.222. The van der Waals surface area contributed by atoms with E-state index in [0.717, 1.165) is 18.0 Å². The molecule has 3 heteroatoms. The summed E-state index contributed by atoms with van der Waals surface area (Å²) in [5.74, 6) is 0. The summed E-state index contributed by atoms with van der Waals surface area (Å²) in [4.78, 5) is 2.59. The van der Waals surface area contributed by atoms with E-state index in [9.17, 15) is 0 Å². The molecule has 1 saturated heterocycles. The van der Waals surface area contributed by atoms with Gasteiger partial charge in [-0.1, -0.05) is 41.9 Å². The highest BCUT2D eigenvalue weighted by Crippen LogP contribution is 2.47. The molecule has 0 aliphatic carbocycles. The molecule has 1 fully saturated rings. The molecule has 25 heavy (non-hydrogen) atoms.